The molecule has 0 saturated carbocycles. The van der Waals surface area contributed by atoms with Crippen molar-refractivity contribution < 1.29 is 24.2 Å². The van der Waals surface area contributed by atoms with Crippen LogP contribution in [-0.4, -0.2) is 35.6 Å². The molecular weight excluding hydrogens is 538 g/mol. The molecule has 43 heavy (non-hydrogen) atoms. The number of esters is 1. The van der Waals surface area contributed by atoms with Crippen LogP contribution in [0.2, 0.25) is 0 Å². The Bertz CT molecular complexity index is 758. The van der Waals surface area contributed by atoms with E-state index in [1.807, 2.05) is 6.08 Å². The molecule has 0 aliphatic rings. The van der Waals surface area contributed by atoms with Crippen molar-refractivity contribution in [2.24, 2.45) is 0 Å². The third kappa shape index (κ3) is 32.4. The van der Waals surface area contributed by atoms with Gasteiger partial charge in [-0.2, -0.15) is 0 Å². The summed E-state index contributed by atoms with van der Waals surface area (Å²) in [6.45, 7) is 4.10. The Hall–Kier alpha value is -2.37. The molecule has 0 aromatic carbocycles. The van der Waals surface area contributed by atoms with Gasteiger partial charge in [-0.15, -0.1) is 0 Å². The number of unbranched alkanes of at least 4 members (excludes halogenated alkanes) is 16. The summed E-state index contributed by atoms with van der Waals surface area (Å²) in [6.07, 6.45) is 38.6. The summed E-state index contributed by atoms with van der Waals surface area (Å²) >= 11 is 0. The van der Waals surface area contributed by atoms with Gasteiger partial charge in [-0.1, -0.05) is 121 Å². The fraction of sp³-hybridized carbons (Fsp3) is 0.757. The molecule has 2 N–H and O–H groups in total. The number of carbonyl (C=O) groups is 3. The van der Waals surface area contributed by atoms with E-state index < -0.39 is 5.97 Å². The van der Waals surface area contributed by atoms with Crippen LogP contribution in [-0.2, 0) is 19.1 Å². The van der Waals surface area contributed by atoms with Crippen molar-refractivity contribution in [1.82, 2.24) is 5.32 Å². The van der Waals surface area contributed by atoms with E-state index >= 15 is 0 Å². The summed E-state index contributed by atoms with van der Waals surface area (Å²) in [5.41, 5.74) is 0. The predicted molar refractivity (Wildman–Crippen MR) is 180 cm³/mol. The van der Waals surface area contributed by atoms with Crippen molar-refractivity contribution in [3.63, 3.8) is 0 Å². The van der Waals surface area contributed by atoms with Gasteiger partial charge in [0.2, 0.25) is 5.91 Å². The minimum absolute atomic E-state index is 0.112. The summed E-state index contributed by atoms with van der Waals surface area (Å²) in [5, 5.41) is 11.0. The topological polar surface area (TPSA) is 92.7 Å². The number of hydrogen-bond acceptors (Lipinski definition) is 4. The number of carboxylic acid groups (broad SMARTS) is 1. The fourth-order valence-corrected chi connectivity index (χ4v) is 4.88. The number of aliphatic carboxylic acids is 1. The lowest BCUT2D eigenvalue weighted by atomic mass is 10.1. The lowest BCUT2D eigenvalue weighted by Gasteiger charge is -2.14. The molecule has 0 fully saturated rings. The van der Waals surface area contributed by atoms with Crippen LogP contribution < -0.4 is 5.32 Å². The molecule has 1 atom stereocenters. The smallest absolute Gasteiger partial charge is 0.322 e. The Labute approximate surface area is 264 Å². The molecule has 0 rings (SSSR count). The van der Waals surface area contributed by atoms with Crippen LogP contribution >= 0.6 is 0 Å². The van der Waals surface area contributed by atoms with Gasteiger partial charge in [0, 0.05) is 12.8 Å². The summed E-state index contributed by atoms with van der Waals surface area (Å²) in [6, 6.07) is 0. The third-order valence-electron chi connectivity index (χ3n) is 7.50. The number of ether oxygens (including phenoxy) is 1. The van der Waals surface area contributed by atoms with Gasteiger partial charge in [0.25, 0.3) is 0 Å². The first kappa shape index (κ1) is 40.6. The van der Waals surface area contributed by atoms with Gasteiger partial charge in [0.1, 0.15) is 12.6 Å². The zero-order chi connectivity index (χ0) is 31.6. The van der Waals surface area contributed by atoms with Gasteiger partial charge < -0.3 is 15.2 Å². The van der Waals surface area contributed by atoms with E-state index in [0.717, 1.165) is 70.6 Å². The molecule has 0 aromatic heterocycles. The lowest BCUT2D eigenvalue weighted by molar-refractivity contribution is -0.147. The number of allylic oxidation sites excluding steroid dienone is 5. The second-order valence-electron chi connectivity index (χ2n) is 11.8. The molecule has 0 aromatic rings. The SMILES string of the molecule is CCC/C=C\C/C=C\C(CCCCCCC(=O)NCC(=O)O)OC(=O)CCCCCCC/C=C\CCCCCCCCC. The van der Waals surface area contributed by atoms with Crippen LogP contribution in [0.25, 0.3) is 0 Å². The van der Waals surface area contributed by atoms with Gasteiger partial charge in [-0.3, -0.25) is 14.4 Å². The highest BCUT2D eigenvalue weighted by Crippen LogP contribution is 2.14. The third-order valence-corrected chi connectivity index (χ3v) is 7.50. The Morgan fingerprint density at radius 1 is 0.628 bits per heavy atom. The molecule has 0 heterocycles. The number of carboxylic acids is 1. The highest BCUT2D eigenvalue weighted by atomic mass is 16.5. The first-order valence-corrected chi connectivity index (χ1v) is 17.6. The summed E-state index contributed by atoms with van der Waals surface area (Å²) < 4.78 is 5.82. The number of rotatable bonds is 31. The standard InChI is InChI=1S/C37H65NO5/c1-3-5-7-9-11-12-13-14-15-16-17-18-19-20-22-28-32-37(42)43-34(29-25-21-10-8-6-4-2)30-26-23-24-27-31-35(39)38-33-36(40)41/h8,10,15-16,25,29,34H,3-7,9,11-14,17-24,26-28,30-33H2,1-2H3,(H,38,39)(H,40,41)/b10-8-,16-15-,29-25-. The van der Waals surface area contributed by atoms with Crippen LogP contribution in [0.3, 0.4) is 0 Å². The molecule has 0 bridgehead atoms. The zero-order valence-corrected chi connectivity index (χ0v) is 27.8. The van der Waals surface area contributed by atoms with Crippen LogP contribution in [0.4, 0.5) is 0 Å². The lowest BCUT2D eigenvalue weighted by Crippen LogP contribution is -2.28. The van der Waals surface area contributed by atoms with Gasteiger partial charge in [0.05, 0.1) is 0 Å². The van der Waals surface area contributed by atoms with Gasteiger partial charge >= 0.3 is 11.9 Å². The molecule has 1 amide bonds. The minimum atomic E-state index is -1.03. The fourth-order valence-electron chi connectivity index (χ4n) is 4.88. The largest absolute Gasteiger partial charge is 0.480 e. The molecule has 248 valence electrons. The number of nitrogens with one attached hydrogen (secondary N) is 1. The van der Waals surface area contributed by atoms with Crippen LogP contribution in [0.5, 0.6) is 0 Å². The van der Waals surface area contributed by atoms with Crippen molar-refractivity contribution in [3.8, 4) is 0 Å². The van der Waals surface area contributed by atoms with Crippen molar-refractivity contribution in [2.75, 3.05) is 6.54 Å². The first-order valence-electron chi connectivity index (χ1n) is 17.6. The van der Waals surface area contributed by atoms with E-state index in [2.05, 4.69) is 49.5 Å². The maximum Gasteiger partial charge on any atom is 0.322 e. The van der Waals surface area contributed by atoms with E-state index in [-0.39, 0.29) is 24.5 Å². The summed E-state index contributed by atoms with van der Waals surface area (Å²) in [5.74, 6) is -1.37. The Morgan fingerprint density at radius 2 is 1.19 bits per heavy atom. The quantitative estimate of drug-likeness (QED) is 0.0467. The highest BCUT2D eigenvalue weighted by Gasteiger charge is 2.11. The Kier molecular flexibility index (Phi) is 30.7. The zero-order valence-electron chi connectivity index (χ0n) is 27.8. The molecule has 0 aliphatic heterocycles. The molecule has 0 radical (unpaired) electrons. The van der Waals surface area contributed by atoms with E-state index in [9.17, 15) is 14.4 Å². The van der Waals surface area contributed by atoms with Crippen molar-refractivity contribution in [2.45, 2.75) is 174 Å². The molecule has 0 aliphatic carbocycles. The maximum atomic E-state index is 12.5. The molecule has 0 spiro atoms. The van der Waals surface area contributed by atoms with Gasteiger partial charge in [-0.25, -0.2) is 0 Å². The maximum absolute atomic E-state index is 12.5. The molecular formula is C37H65NO5. The average molecular weight is 604 g/mol. The molecule has 1 unspecified atom stereocenters. The van der Waals surface area contributed by atoms with E-state index in [1.54, 1.807) is 0 Å². The molecule has 6 nitrogen and oxygen atoms in total. The van der Waals surface area contributed by atoms with Crippen LogP contribution in [0.15, 0.2) is 36.5 Å². The van der Waals surface area contributed by atoms with E-state index in [0.29, 0.717) is 12.8 Å². The molecule has 6 heteroatoms. The molecule has 0 saturated heterocycles. The Morgan fingerprint density at radius 3 is 1.81 bits per heavy atom. The van der Waals surface area contributed by atoms with Gasteiger partial charge in [0.15, 0.2) is 0 Å². The van der Waals surface area contributed by atoms with Crippen molar-refractivity contribution >= 4 is 17.8 Å². The highest BCUT2D eigenvalue weighted by molar-refractivity contribution is 5.80. The summed E-state index contributed by atoms with van der Waals surface area (Å²) in [4.78, 5) is 34.7. The number of amides is 1. The van der Waals surface area contributed by atoms with E-state index in [4.69, 9.17) is 9.84 Å². The van der Waals surface area contributed by atoms with E-state index in [1.165, 1.54) is 70.6 Å². The average Bonchev–Trinajstić information content (AvgIpc) is 2.99. The number of hydrogen-bond donors (Lipinski definition) is 2. The Balaban J connectivity index is 4.07. The van der Waals surface area contributed by atoms with Crippen LogP contribution in [0, 0.1) is 0 Å². The minimum Gasteiger partial charge on any atom is -0.480 e. The monoisotopic (exact) mass is 603 g/mol. The van der Waals surface area contributed by atoms with Crippen LogP contribution in [0.1, 0.15) is 168 Å². The summed E-state index contributed by atoms with van der Waals surface area (Å²) in [7, 11) is 0. The number of carbonyl (C=O) groups excluding carboxylic acids is 2. The second kappa shape index (κ2) is 32.5. The first-order chi connectivity index (χ1) is 21.0. The van der Waals surface area contributed by atoms with Crippen molar-refractivity contribution in [3.05, 3.63) is 36.5 Å². The second-order valence-corrected chi connectivity index (χ2v) is 11.8. The predicted octanol–water partition coefficient (Wildman–Crippen LogP) is 10.2. The van der Waals surface area contributed by atoms with Crippen molar-refractivity contribution in [1.29, 1.82) is 0 Å². The van der Waals surface area contributed by atoms with Gasteiger partial charge in [-0.05, 0) is 70.3 Å². The normalized spacial score (nSPS) is 12.4.